The van der Waals surface area contributed by atoms with Crippen molar-refractivity contribution in [3.8, 4) is 0 Å². The normalized spacial score (nSPS) is 23.2. The molecule has 5 nitrogen and oxygen atoms in total. The van der Waals surface area contributed by atoms with E-state index in [1.54, 1.807) is 30.3 Å². The largest absolute Gasteiger partial charge is 0.442 e. The van der Waals surface area contributed by atoms with Gasteiger partial charge in [-0.1, -0.05) is 56.5 Å². The summed E-state index contributed by atoms with van der Waals surface area (Å²) in [6.07, 6.45) is -1.09. The van der Waals surface area contributed by atoms with E-state index < -0.39 is 23.7 Å². The topological polar surface area (TPSA) is 61.8 Å². The summed E-state index contributed by atoms with van der Waals surface area (Å²) in [6.45, 7) is 1.83. The van der Waals surface area contributed by atoms with Gasteiger partial charge in [-0.15, -0.1) is 0 Å². The molecule has 2 amide bonds. The van der Waals surface area contributed by atoms with Crippen molar-refractivity contribution >= 4 is 17.6 Å². The van der Waals surface area contributed by atoms with Crippen molar-refractivity contribution in [3.05, 3.63) is 35.9 Å². The Bertz CT molecular complexity index is 758. The molecule has 0 radical (unpaired) electrons. The number of aliphatic imine (C=N–C) groups is 1. The summed E-state index contributed by atoms with van der Waals surface area (Å²) >= 11 is 0. The van der Waals surface area contributed by atoms with Gasteiger partial charge in [0, 0.05) is 18.0 Å². The minimum absolute atomic E-state index is 0.0226. The lowest BCUT2D eigenvalue weighted by Crippen LogP contribution is -2.64. The lowest BCUT2D eigenvalue weighted by molar-refractivity contribution is -0.200. The average molecular weight is 395 g/mol. The molecule has 2 aliphatic rings. The minimum atomic E-state index is -5.04. The predicted octanol–water partition coefficient (Wildman–Crippen LogP) is 3.78. The quantitative estimate of drug-likeness (QED) is 0.797. The zero-order valence-corrected chi connectivity index (χ0v) is 15.8. The van der Waals surface area contributed by atoms with Crippen molar-refractivity contribution in [1.29, 1.82) is 0 Å². The van der Waals surface area contributed by atoms with Crippen LogP contribution in [0.1, 0.15) is 57.4 Å². The van der Waals surface area contributed by atoms with Crippen molar-refractivity contribution in [2.45, 2.75) is 69.8 Å². The van der Waals surface area contributed by atoms with Gasteiger partial charge in [-0.3, -0.25) is 14.5 Å². The van der Waals surface area contributed by atoms with Gasteiger partial charge in [-0.2, -0.15) is 13.2 Å². The molecule has 3 rings (SSSR count). The van der Waals surface area contributed by atoms with Crippen LogP contribution in [-0.4, -0.2) is 40.4 Å². The number of rotatable bonds is 6. The third-order valence-electron chi connectivity index (χ3n) is 5.24. The number of nitrogens with zero attached hydrogens (tertiary/aromatic N) is 2. The van der Waals surface area contributed by atoms with Crippen LogP contribution in [0.25, 0.3) is 0 Å². The third kappa shape index (κ3) is 3.64. The lowest BCUT2D eigenvalue weighted by Gasteiger charge is -2.31. The van der Waals surface area contributed by atoms with E-state index >= 15 is 0 Å². The number of halogens is 3. The van der Waals surface area contributed by atoms with Gasteiger partial charge in [0.25, 0.3) is 5.91 Å². The molecule has 1 aromatic rings. The molecule has 0 saturated heterocycles. The zero-order chi connectivity index (χ0) is 20.4. The van der Waals surface area contributed by atoms with Crippen LogP contribution < -0.4 is 5.32 Å². The highest BCUT2D eigenvalue weighted by Crippen LogP contribution is 2.41. The molecule has 0 bridgehead atoms. The highest BCUT2D eigenvalue weighted by molar-refractivity contribution is 6.16. The number of carbonyl (C=O) groups excluding carboxylic acids is 2. The fourth-order valence-electron chi connectivity index (χ4n) is 3.76. The molecule has 0 aromatic heterocycles. The Morgan fingerprint density at radius 3 is 2.46 bits per heavy atom. The second-order valence-electron chi connectivity index (χ2n) is 7.27. The van der Waals surface area contributed by atoms with E-state index in [9.17, 15) is 22.8 Å². The van der Waals surface area contributed by atoms with Crippen LogP contribution in [0.5, 0.6) is 0 Å². The Morgan fingerprint density at radius 1 is 1.25 bits per heavy atom. The molecule has 1 aliphatic carbocycles. The number of benzene rings is 1. The van der Waals surface area contributed by atoms with Crippen LogP contribution in [0.4, 0.5) is 13.2 Å². The number of unbranched alkanes of at least 4 members (excludes halogenated alkanes) is 1. The monoisotopic (exact) mass is 395 g/mol. The van der Waals surface area contributed by atoms with Gasteiger partial charge >= 0.3 is 11.8 Å². The second-order valence-corrected chi connectivity index (χ2v) is 7.27. The van der Waals surface area contributed by atoms with Crippen molar-refractivity contribution < 1.29 is 22.8 Å². The predicted molar refractivity (Wildman–Crippen MR) is 98.5 cm³/mol. The van der Waals surface area contributed by atoms with Crippen LogP contribution in [0.2, 0.25) is 0 Å². The van der Waals surface area contributed by atoms with E-state index in [0.717, 1.165) is 17.7 Å². The van der Waals surface area contributed by atoms with Gasteiger partial charge in [-0.25, -0.2) is 4.99 Å². The Hall–Kier alpha value is -2.38. The molecule has 1 atom stereocenters. The Balaban J connectivity index is 2.06. The van der Waals surface area contributed by atoms with E-state index in [-0.39, 0.29) is 18.3 Å². The minimum Gasteiger partial charge on any atom is -0.316 e. The highest BCUT2D eigenvalue weighted by Gasteiger charge is 2.67. The number of amidine groups is 1. The fourth-order valence-corrected chi connectivity index (χ4v) is 3.76. The summed E-state index contributed by atoms with van der Waals surface area (Å²) in [5, 5.41) is 1.93. The molecule has 28 heavy (non-hydrogen) atoms. The molecular weight excluding hydrogens is 371 g/mol. The van der Waals surface area contributed by atoms with Gasteiger partial charge in [0.15, 0.2) is 0 Å². The summed E-state index contributed by atoms with van der Waals surface area (Å²) in [4.78, 5) is 30.3. The summed E-state index contributed by atoms with van der Waals surface area (Å²) < 4.78 is 42.4. The maximum atomic E-state index is 14.1. The molecule has 0 spiro atoms. The first kappa shape index (κ1) is 20.4. The number of hydrogen-bond donors (Lipinski definition) is 1. The van der Waals surface area contributed by atoms with E-state index in [1.165, 1.54) is 0 Å². The second kappa shape index (κ2) is 7.93. The first-order valence-electron chi connectivity index (χ1n) is 9.67. The Kier molecular flexibility index (Phi) is 5.76. The molecule has 0 unspecified atom stereocenters. The van der Waals surface area contributed by atoms with Crippen molar-refractivity contribution in [3.63, 3.8) is 0 Å². The molecule has 8 heteroatoms. The first-order chi connectivity index (χ1) is 13.3. The van der Waals surface area contributed by atoms with Gasteiger partial charge < -0.3 is 5.32 Å². The lowest BCUT2D eigenvalue weighted by atomic mass is 10.1. The number of carbonyl (C=O) groups is 2. The molecule has 1 heterocycles. The average Bonchev–Trinajstić information content (AvgIpc) is 3.27. The van der Waals surface area contributed by atoms with E-state index in [1.807, 2.05) is 12.2 Å². The summed E-state index contributed by atoms with van der Waals surface area (Å²) in [7, 11) is 0. The number of hydrogen-bond acceptors (Lipinski definition) is 3. The van der Waals surface area contributed by atoms with E-state index in [2.05, 4.69) is 4.99 Å². The molecule has 1 aromatic carbocycles. The first-order valence-corrected chi connectivity index (χ1v) is 9.67. The van der Waals surface area contributed by atoms with Gasteiger partial charge in [0.2, 0.25) is 5.91 Å². The smallest absolute Gasteiger partial charge is 0.316 e. The maximum absolute atomic E-state index is 14.1. The summed E-state index contributed by atoms with van der Waals surface area (Å²) in [6, 6.07) is 8.01. The zero-order valence-electron chi connectivity index (χ0n) is 15.8. The van der Waals surface area contributed by atoms with Crippen LogP contribution in [0, 0.1) is 0 Å². The SMILES string of the molecule is CCCCC(=O)N[C@]1(C(F)(F)F)N=C(c2ccccc2)N(C2CCCC2)C1=O. The van der Waals surface area contributed by atoms with Gasteiger partial charge in [-0.05, 0) is 19.3 Å². The van der Waals surface area contributed by atoms with Crippen molar-refractivity contribution in [2.75, 3.05) is 0 Å². The highest BCUT2D eigenvalue weighted by atomic mass is 19.4. The maximum Gasteiger partial charge on any atom is 0.442 e. The van der Waals surface area contributed by atoms with E-state index in [4.69, 9.17) is 0 Å². The summed E-state index contributed by atoms with van der Waals surface area (Å²) in [5.74, 6) is -2.06. The van der Waals surface area contributed by atoms with Crippen LogP contribution >= 0.6 is 0 Å². The molecular formula is C20H24F3N3O2. The van der Waals surface area contributed by atoms with Crippen LogP contribution in [0.15, 0.2) is 35.3 Å². The molecule has 152 valence electrons. The summed E-state index contributed by atoms with van der Waals surface area (Å²) in [5.41, 5.74) is -2.83. The molecule has 1 N–H and O–H groups in total. The standard InChI is InChI=1S/C20H24F3N3O2/c1-2-3-13-16(27)24-19(20(21,22)23)18(28)26(15-11-7-8-12-15)17(25-19)14-9-5-4-6-10-14/h4-6,9-10,15H,2-3,7-8,11-13H2,1H3,(H,24,27)/t19-/m0/s1. The molecule has 1 fully saturated rings. The Labute approximate surface area is 162 Å². The van der Waals surface area contributed by atoms with Crippen molar-refractivity contribution in [2.24, 2.45) is 4.99 Å². The van der Waals surface area contributed by atoms with E-state index in [0.29, 0.717) is 31.2 Å². The Morgan fingerprint density at radius 2 is 1.89 bits per heavy atom. The molecule has 1 aliphatic heterocycles. The van der Waals surface area contributed by atoms with Gasteiger partial charge in [0.05, 0.1) is 0 Å². The van der Waals surface area contributed by atoms with Crippen LogP contribution in [0.3, 0.4) is 0 Å². The van der Waals surface area contributed by atoms with Crippen LogP contribution in [-0.2, 0) is 9.59 Å². The van der Waals surface area contributed by atoms with Crippen molar-refractivity contribution in [1.82, 2.24) is 10.2 Å². The molecule has 1 saturated carbocycles. The van der Waals surface area contributed by atoms with Gasteiger partial charge in [0.1, 0.15) is 5.84 Å². The number of alkyl halides is 3. The fraction of sp³-hybridized carbons (Fsp3) is 0.550. The third-order valence-corrected chi connectivity index (χ3v) is 5.24. The number of amides is 2. The number of nitrogens with one attached hydrogen (secondary N) is 1.